The first-order valence-corrected chi connectivity index (χ1v) is 13.9. The van der Waals surface area contributed by atoms with Crippen LogP contribution in [-0.2, 0) is 40.5 Å². The fraction of sp³-hybridized carbons (Fsp3) is 0.273. The Morgan fingerprint density at radius 1 is 0.977 bits per heavy atom. The van der Waals surface area contributed by atoms with Gasteiger partial charge in [0.05, 0.1) is 18.4 Å². The zero-order chi connectivity index (χ0) is 31.7. The van der Waals surface area contributed by atoms with Gasteiger partial charge in [0, 0.05) is 65.4 Å². The molecular formula is C33H34F3N5O3. The lowest BCUT2D eigenvalue weighted by Gasteiger charge is -2.33. The van der Waals surface area contributed by atoms with Crippen molar-refractivity contribution in [1.82, 2.24) is 24.6 Å². The molecule has 44 heavy (non-hydrogen) atoms. The topological polar surface area (TPSA) is 80.6 Å². The van der Waals surface area contributed by atoms with Crippen LogP contribution in [0.5, 0.6) is 0 Å². The lowest BCUT2D eigenvalue weighted by molar-refractivity contribution is -0.143. The molecule has 0 spiro atoms. The molecule has 1 atom stereocenters. The van der Waals surface area contributed by atoms with Gasteiger partial charge >= 0.3 is 6.18 Å². The number of nitrogens with zero attached hydrogens (tertiary/aromatic N) is 5. The van der Waals surface area contributed by atoms with Crippen molar-refractivity contribution in [2.75, 3.05) is 27.3 Å². The largest absolute Gasteiger partial charge is 0.416 e. The van der Waals surface area contributed by atoms with E-state index in [1.54, 1.807) is 50.7 Å². The maximum atomic E-state index is 13.9. The van der Waals surface area contributed by atoms with Gasteiger partial charge in [-0.05, 0) is 58.2 Å². The van der Waals surface area contributed by atoms with Crippen molar-refractivity contribution in [3.05, 3.63) is 114 Å². The van der Waals surface area contributed by atoms with Gasteiger partial charge in [0.1, 0.15) is 6.04 Å². The summed E-state index contributed by atoms with van der Waals surface area (Å²) < 4.78 is 45.9. The second kappa shape index (κ2) is 14.6. The Bertz CT molecular complexity index is 1550. The van der Waals surface area contributed by atoms with E-state index in [0.29, 0.717) is 18.7 Å². The van der Waals surface area contributed by atoms with Crippen LogP contribution in [-0.4, -0.2) is 69.7 Å². The Kier molecular flexibility index (Phi) is 10.7. The van der Waals surface area contributed by atoms with Gasteiger partial charge in [0.25, 0.3) is 0 Å². The summed E-state index contributed by atoms with van der Waals surface area (Å²) >= 11 is 0. The van der Waals surface area contributed by atoms with Crippen LogP contribution in [0.2, 0.25) is 0 Å². The summed E-state index contributed by atoms with van der Waals surface area (Å²) in [4.78, 5) is 34.8. The second-order valence-electron chi connectivity index (χ2n) is 10.3. The summed E-state index contributed by atoms with van der Waals surface area (Å²) in [5.41, 5.74) is 3.16. The predicted octanol–water partition coefficient (Wildman–Crippen LogP) is 5.26. The number of hydrogen-bond acceptors (Lipinski definition) is 5. The molecule has 0 bridgehead atoms. The maximum absolute atomic E-state index is 13.9. The molecule has 2 heterocycles. The smallest absolute Gasteiger partial charge is 0.383 e. The number of ether oxygens (including phenoxy) is 1. The number of halogens is 3. The zero-order valence-electron chi connectivity index (χ0n) is 24.7. The second-order valence-corrected chi connectivity index (χ2v) is 10.3. The lowest BCUT2D eigenvalue weighted by Crippen LogP contribution is -2.51. The third-order valence-electron chi connectivity index (χ3n) is 7.12. The Labute approximate surface area is 254 Å². The highest BCUT2D eigenvalue weighted by atomic mass is 19.4. The summed E-state index contributed by atoms with van der Waals surface area (Å²) in [6.07, 6.45) is 5.34. The SMILES string of the molecule is COCCN(C)C(=O)C(Cc1cnn(C)c1)N(Cc1ccc(-c2ccncc2)cc1)C(=O)C=Cc1ccc(C(F)(F)F)cc1. The molecule has 0 aliphatic rings. The molecule has 0 N–H and O–H groups in total. The van der Waals surface area contributed by atoms with Crippen molar-refractivity contribution in [1.29, 1.82) is 0 Å². The Morgan fingerprint density at radius 2 is 1.64 bits per heavy atom. The van der Waals surface area contributed by atoms with Crippen molar-refractivity contribution in [3.63, 3.8) is 0 Å². The Balaban J connectivity index is 1.67. The molecule has 4 aromatic rings. The summed E-state index contributed by atoms with van der Waals surface area (Å²) in [5, 5.41) is 4.22. The van der Waals surface area contributed by atoms with Crippen molar-refractivity contribution < 1.29 is 27.5 Å². The van der Waals surface area contributed by atoms with Gasteiger partial charge in [-0.3, -0.25) is 19.3 Å². The highest BCUT2D eigenvalue weighted by Crippen LogP contribution is 2.29. The van der Waals surface area contributed by atoms with Gasteiger partial charge in [0.15, 0.2) is 0 Å². The normalized spacial score (nSPS) is 12.3. The molecule has 2 aromatic heterocycles. The van der Waals surface area contributed by atoms with E-state index in [-0.39, 0.29) is 18.9 Å². The summed E-state index contributed by atoms with van der Waals surface area (Å²) in [6.45, 7) is 0.755. The quantitative estimate of drug-likeness (QED) is 0.206. The number of likely N-dealkylation sites (N-methyl/N-ethyl adjacent to an activating group) is 1. The van der Waals surface area contributed by atoms with Crippen LogP contribution < -0.4 is 0 Å². The standard InChI is InChI=1S/C33H34F3N5O3/c1-39(18-19-44-3)32(43)30(20-26-21-38-40(2)22-26)41(23-25-4-9-27(10-5-25)28-14-16-37-17-15-28)31(42)13-8-24-6-11-29(12-7-24)33(34,35)36/h4-17,21-22,30H,18-20,23H2,1-3H3. The number of hydrogen-bond donors (Lipinski definition) is 0. The number of pyridine rings is 1. The first-order valence-electron chi connectivity index (χ1n) is 13.9. The number of aromatic nitrogens is 3. The van der Waals surface area contributed by atoms with Gasteiger partial charge in [-0.1, -0.05) is 36.4 Å². The van der Waals surface area contributed by atoms with Crippen LogP contribution in [0.15, 0.2) is 91.5 Å². The van der Waals surface area contributed by atoms with Crippen LogP contribution in [0.3, 0.4) is 0 Å². The van der Waals surface area contributed by atoms with E-state index in [1.165, 1.54) is 34.1 Å². The number of alkyl halides is 3. The third kappa shape index (κ3) is 8.63. The molecule has 11 heteroatoms. The maximum Gasteiger partial charge on any atom is 0.416 e. The molecule has 1 unspecified atom stereocenters. The van der Waals surface area contributed by atoms with Gasteiger partial charge in [-0.25, -0.2) is 0 Å². The van der Waals surface area contributed by atoms with Crippen LogP contribution in [0.1, 0.15) is 22.3 Å². The van der Waals surface area contributed by atoms with E-state index >= 15 is 0 Å². The molecule has 4 rings (SSSR count). The molecule has 230 valence electrons. The minimum atomic E-state index is -4.46. The fourth-order valence-electron chi connectivity index (χ4n) is 4.66. The van der Waals surface area contributed by atoms with E-state index in [1.807, 2.05) is 36.4 Å². The van der Waals surface area contributed by atoms with Crippen LogP contribution in [0, 0.1) is 0 Å². The lowest BCUT2D eigenvalue weighted by atomic mass is 10.0. The zero-order valence-corrected chi connectivity index (χ0v) is 24.7. The molecular weight excluding hydrogens is 571 g/mol. The van der Waals surface area contributed by atoms with Gasteiger partial charge in [-0.15, -0.1) is 0 Å². The molecule has 2 amide bonds. The van der Waals surface area contributed by atoms with Crippen molar-refractivity contribution >= 4 is 17.9 Å². The highest BCUT2D eigenvalue weighted by molar-refractivity contribution is 5.95. The number of carbonyl (C=O) groups excluding carboxylic acids is 2. The molecule has 0 radical (unpaired) electrons. The van der Waals surface area contributed by atoms with Crippen LogP contribution in [0.25, 0.3) is 17.2 Å². The van der Waals surface area contributed by atoms with Gasteiger partial charge < -0.3 is 14.5 Å². The third-order valence-corrected chi connectivity index (χ3v) is 7.12. The molecule has 8 nitrogen and oxygen atoms in total. The number of amides is 2. The van der Waals surface area contributed by atoms with E-state index in [9.17, 15) is 22.8 Å². The van der Waals surface area contributed by atoms with E-state index < -0.39 is 23.7 Å². The average molecular weight is 606 g/mol. The van der Waals surface area contributed by atoms with Crippen molar-refractivity contribution in [2.45, 2.75) is 25.2 Å². The highest BCUT2D eigenvalue weighted by Gasteiger charge is 2.32. The van der Waals surface area contributed by atoms with E-state index in [0.717, 1.165) is 34.4 Å². The monoisotopic (exact) mass is 605 g/mol. The van der Waals surface area contributed by atoms with E-state index in [4.69, 9.17) is 4.74 Å². The molecule has 0 saturated heterocycles. The number of carbonyl (C=O) groups is 2. The first kappa shape index (κ1) is 32.2. The van der Waals surface area contributed by atoms with Gasteiger partial charge in [-0.2, -0.15) is 18.3 Å². The first-order chi connectivity index (χ1) is 21.0. The van der Waals surface area contributed by atoms with Gasteiger partial charge in [0.2, 0.25) is 11.8 Å². The molecule has 0 fully saturated rings. The molecule has 2 aromatic carbocycles. The van der Waals surface area contributed by atoms with Crippen LogP contribution in [0.4, 0.5) is 13.2 Å². The predicted molar refractivity (Wildman–Crippen MR) is 161 cm³/mol. The summed E-state index contributed by atoms with van der Waals surface area (Å²) in [6, 6.07) is 15.1. The molecule has 0 aliphatic heterocycles. The number of rotatable bonds is 12. The minimum Gasteiger partial charge on any atom is -0.383 e. The Hall–Kier alpha value is -4.77. The average Bonchev–Trinajstić information content (AvgIpc) is 3.44. The number of aryl methyl sites for hydroxylation is 1. The number of benzene rings is 2. The van der Waals surface area contributed by atoms with Crippen molar-refractivity contribution in [3.8, 4) is 11.1 Å². The van der Waals surface area contributed by atoms with Crippen molar-refractivity contribution in [2.24, 2.45) is 7.05 Å². The number of methoxy groups -OCH3 is 1. The Morgan fingerprint density at radius 3 is 2.23 bits per heavy atom. The summed E-state index contributed by atoms with van der Waals surface area (Å²) in [5.74, 6) is -0.749. The summed E-state index contributed by atoms with van der Waals surface area (Å²) in [7, 11) is 4.97. The molecule has 0 aliphatic carbocycles. The fourth-order valence-corrected chi connectivity index (χ4v) is 4.66. The minimum absolute atomic E-state index is 0.113. The van der Waals surface area contributed by atoms with Crippen LogP contribution >= 0.6 is 0 Å². The molecule has 0 saturated carbocycles. The van der Waals surface area contributed by atoms with E-state index in [2.05, 4.69) is 10.1 Å².